The van der Waals surface area contributed by atoms with Crippen molar-refractivity contribution < 1.29 is 14.4 Å². The third-order valence-electron chi connectivity index (χ3n) is 1.63. The van der Waals surface area contributed by atoms with Gasteiger partial charge < -0.3 is 9.47 Å². The van der Waals surface area contributed by atoms with E-state index in [0.717, 1.165) is 12.4 Å². The number of nitrogens with zero attached hydrogens (tertiary/aromatic N) is 1. The summed E-state index contributed by atoms with van der Waals surface area (Å²) in [6.07, 6.45) is 0. The van der Waals surface area contributed by atoms with Crippen molar-refractivity contribution in [2.75, 3.05) is 13.7 Å². The normalized spacial score (nSPS) is 11.9. The Morgan fingerprint density at radius 1 is 1.47 bits per heavy atom. The van der Waals surface area contributed by atoms with Gasteiger partial charge >= 0.3 is 0 Å². The number of benzene rings is 1. The molecule has 1 aromatic rings. The van der Waals surface area contributed by atoms with Gasteiger partial charge in [0, 0.05) is 12.1 Å². The Kier molecular flexibility index (Phi) is 3.68. The molecule has 1 saturated heterocycles. The molecule has 0 radical (unpaired) electrons. The lowest BCUT2D eigenvalue weighted by Gasteiger charge is -1.96. The molecule has 5 nitrogen and oxygen atoms in total. The molecule has 80 valence electrons. The summed E-state index contributed by atoms with van der Waals surface area (Å²) >= 11 is 0. The zero-order valence-corrected chi connectivity index (χ0v) is 8.30. The predicted octanol–water partition coefficient (Wildman–Crippen LogP) is 2.13. The molecular formula is C10H11NO4. The van der Waals surface area contributed by atoms with Crippen LogP contribution in [0.2, 0.25) is 0 Å². The van der Waals surface area contributed by atoms with Crippen molar-refractivity contribution in [2.24, 2.45) is 0 Å². The molecule has 1 fully saturated rings. The molecule has 0 saturated carbocycles. The molecular weight excluding hydrogens is 198 g/mol. The van der Waals surface area contributed by atoms with Crippen LogP contribution in [0, 0.1) is 10.1 Å². The summed E-state index contributed by atoms with van der Waals surface area (Å²) in [5.74, 6) is 1.54. The highest BCUT2D eigenvalue weighted by Crippen LogP contribution is 2.16. The number of nitro groups is 1. The highest BCUT2D eigenvalue weighted by molar-refractivity contribution is 5.35. The summed E-state index contributed by atoms with van der Waals surface area (Å²) in [5, 5.41) is 10.2. The van der Waals surface area contributed by atoms with E-state index in [1.54, 1.807) is 12.1 Å². The first-order valence-electron chi connectivity index (χ1n) is 4.22. The number of hydrogen-bond acceptors (Lipinski definition) is 4. The Morgan fingerprint density at radius 2 is 1.93 bits per heavy atom. The largest absolute Gasteiger partial charge is 0.497 e. The summed E-state index contributed by atoms with van der Waals surface area (Å²) < 4.78 is 9.34. The van der Waals surface area contributed by atoms with E-state index in [0.29, 0.717) is 5.75 Å². The smallest absolute Gasteiger partial charge is 0.269 e. The third kappa shape index (κ3) is 4.12. The van der Waals surface area contributed by atoms with Crippen LogP contribution in [0.4, 0.5) is 5.69 Å². The van der Waals surface area contributed by atoms with Gasteiger partial charge in [0.25, 0.3) is 5.69 Å². The Hall–Kier alpha value is -2.04. The Balaban J connectivity index is 0.000000234. The van der Waals surface area contributed by atoms with Crippen LogP contribution in [0.15, 0.2) is 36.6 Å². The van der Waals surface area contributed by atoms with Gasteiger partial charge in [0.1, 0.15) is 18.1 Å². The van der Waals surface area contributed by atoms with Crippen LogP contribution in [0.25, 0.3) is 0 Å². The van der Waals surface area contributed by atoms with Crippen molar-refractivity contribution in [2.45, 2.75) is 0 Å². The van der Waals surface area contributed by atoms with Gasteiger partial charge in [-0.25, -0.2) is 0 Å². The quantitative estimate of drug-likeness (QED) is 0.425. The van der Waals surface area contributed by atoms with Gasteiger partial charge in [-0.05, 0) is 12.1 Å². The van der Waals surface area contributed by atoms with Gasteiger partial charge in [-0.15, -0.1) is 0 Å². The Bertz CT molecular complexity index is 352. The standard InChI is InChI=1S/C7H7NO3.C3H4O/c1-11-7-4-2-6(3-5-7)8(9)10;1-3-2-4-3/h2-5H,1H3;1-2H2. The van der Waals surface area contributed by atoms with Crippen LogP contribution < -0.4 is 4.74 Å². The number of methoxy groups -OCH3 is 1. The lowest BCUT2D eigenvalue weighted by molar-refractivity contribution is -0.384. The minimum atomic E-state index is -0.445. The second-order valence-electron chi connectivity index (χ2n) is 2.78. The van der Waals surface area contributed by atoms with Crippen molar-refractivity contribution in [3.8, 4) is 5.75 Å². The maximum Gasteiger partial charge on any atom is 0.269 e. The van der Waals surface area contributed by atoms with Crippen LogP contribution in [-0.4, -0.2) is 18.6 Å². The molecule has 0 spiro atoms. The number of hydrogen-bond donors (Lipinski definition) is 0. The van der Waals surface area contributed by atoms with Gasteiger partial charge in [0.05, 0.1) is 12.0 Å². The number of rotatable bonds is 2. The third-order valence-corrected chi connectivity index (χ3v) is 1.63. The average Bonchev–Trinajstić information content (AvgIpc) is 3.02. The molecule has 5 heteroatoms. The van der Waals surface area contributed by atoms with E-state index >= 15 is 0 Å². The van der Waals surface area contributed by atoms with Crippen LogP contribution in [0.1, 0.15) is 0 Å². The molecule has 1 heterocycles. The van der Waals surface area contributed by atoms with Crippen LogP contribution in [-0.2, 0) is 4.74 Å². The van der Waals surface area contributed by atoms with Crippen LogP contribution >= 0.6 is 0 Å². The van der Waals surface area contributed by atoms with Gasteiger partial charge in [-0.2, -0.15) is 0 Å². The molecule has 0 atom stereocenters. The second kappa shape index (κ2) is 4.99. The van der Waals surface area contributed by atoms with Crippen LogP contribution in [0.5, 0.6) is 5.75 Å². The predicted molar refractivity (Wildman–Crippen MR) is 54.7 cm³/mol. The number of non-ortho nitro benzene ring substituents is 1. The fourth-order valence-corrected chi connectivity index (χ4v) is 0.755. The molecule has 2 rings (SSSR count). The van der Waals surface area contributed by atoms with E-state index in [1.165, 1.54) is 19.2 Å². The highest BCUT2D eigenvalue weighted by Gasteiger charge is 2.05. The maximum atomic E-state index is 10.2. The van der Waals surface area contributed by atoms with Crippen LogP contribution in [0.3, 0.4) is 0 Å². The van der Waals surface area contributed by atoms with Crippen molar-refractivity contribution in [1.82, 2.24) is 0 Å². The molecule has 0 amide bonds. The summed E-state index contributed by atoms with van der Waals surface area (Å²) in [6.45, 7) is 4.24. The molecule has 0 aromatic heterocycles. The Labute approximate surface area is 87.1 Å². The van der Waals surface area contributed by atoms with Crippen molar-refractivity contribution in [3.63, 3.8) is 0 Å². The van der Waals surface area contributed by atoms with Crippen molar-refractivity contribution in [1.29, 1.82) is 0 Å². The summed E-state index contributed by atoms with van der Waals surface area (Å²) in [6, 6.07) is 5.91. The minimum absolute atomic E-state index is 0.0748. The Morgan fingerprint density at radius 3 is 2.20 bits per heavy atom. The van der Waals surface area contributed by atoms with Crippen molar-refractivity contribution in [3.05, 3.63) is 46.7 Å². The summed E-state index contributed by atoms with van der Waals surface area (Å²) in [7, 11) is 1.52. The maximum absolute atomic E-state index is 10.2. The van der Waals surface area contributed by atoms with E-state index in [-0.39, 0.29) is 5.69 Å². The molecule has 0 aliphatic carbocycles. The lowest BCUT2D eigenvalue weighted by atomic mass is 10.3. The fraction of sp³-hybridized carbons (Fsp3) is 0.200. The zero-order valence-electron chi connectivity index (χ0n) is 8.30. The number of nitro benzene ring substituents is 1. The zero-order chi connectivity index (χ0) is 11.3. The second-order valence-corrected chi connectivity index (χ2v) is 2.78. The van der Waals surface area contributed by atoms with E-state index < -0.39 is 4.92 Å². The van der Waals surface area contributed by atoms with Gasteiger partial charge in [0.15, 0.2) is 0 Å². The van der Waals surface area contributed by atoms with E-state index in [2.05, 4.69) is 11.3 Å². The lowest BCUT2D eigenvalue weighted by Crippen LogP contribution is -1.87. The first-order valence-corrected chi connectivity index (χ1v) is 4.22. The summed E-state index contributed by atoms with van der Waals surface area (Å²) in [5.41, 5.74) is 0.0748. The first-order chi connectivity index (χ1) is 7.13. The van der Waals surface area contributed by atoms with Crippen molar-refractivity contribution >= 4 is 5.69 Å². The first kappa shape index (κ1) is 11.0. The van der Waals surface area contributed by atoms with E-state index in [4.69, 9.17) is 4.74 Å². The molecule has 0 unspecified atom stereocenters. The highest BCUT2D eigenvalue weighted by atomic mass is 16.6. The molecule has 0 bridgehead atoms. The molecule has 0 N–H and O–H groups in total. The van der Waals surface area contributed by atoms with E-state index in [1.807, 2.05) is 0 Å². The SMILES string of the molecule is C=C1CO1.COc1ccc([N+](=O)[O-])cc1. The monoisotopic (exact) mass is 209 g/mol. The molecule has 1 aliphatic rings. The van der Waals surface area contributed by atoms with Gasteiger partial charge in [-0.1, -0.05) is 6.58 Å². The van der Waals surface area contributed by atoms with Gasteiger partial charge in [0.2, 0.25) is 0 Å². The minimum Gasteiger partial charge on any atom is -0.497 e. The van der Waals surface area contributed by atoms with Gasteiger partial charge in [-0.3, -0.25) is 10.1 Å². The average molecular weight is 209 g/mol. The summed E-state index contributed by atoms with van der Waals surface area (Å²) in [4.78, 5) is 9.72. The fourth-order valence-electron chi connectivity index (χ4n) is 0.755. The topological polar surface area (TPSA) is 64.9 Å². The molecule has 1 aromatic carbocycles. The number of ether oxygens (including phenoxy) is 2. The number of epoxide rings is 1. The van der Waals surface area contributed by atoms with E-state index in [9.17, 15) is 10.1 Å². The molecule has 1 aliphatic heterocycles. The molecule has 15 heavy (non-hydrogen) atoms.